The number of furan rings is 1. The zero-order valence-electron chi connectivity index (χ0n) is 34.8. The van der Waals surface area contributed by atoms with Gasteiger partial charge < -0.3 is 52.2 Å². The van der Waals surface area contributed by atoms with Gasteiger partial charge in [-0.25, -0.2) is 9.59 Å². The van der Waals surface area contributed by atoms with Crippen LogP contribution in [-0.2, 0) is 71.4 Å². The molecule has 1 saturated heterocycles. The first kappa shape index (κ1) is 44.7. The highest BCUT2D eigenvalue weighted by Gasteiger charge is 2.92. The summed E-state index contributed by atoms with van der Waals surface area (Å²) < 4.78 is 60.3. The van der Waals surface area contributed by atoms with E-state index >= 15 is 0 Å². The Morgan fingerprint density at radius 1 is 0.787 bits per heavy atom. The molecule has 13 atom stereocenters. The first-order chi connectivity index (χ1) is 28.5. The van der Waals surface area contributed by atoms with Crippen molar-refractivity contribution in [2.45, 2.75) is 122 Å². The summed E-state index contributed by atoms with van der Waals surface area (Å²) in [6.07, 6.45) is -9.84. The summed E-state index contributed by atoms with van der Waals surface area (Å²) in [6.45, 7) is 8.54. The van der Waals surface area contributed by atoms with E-state index in [-0.39, 0.29) is 11.3 Å². The normalized spacial score (nSPS) is 36.5. The topological polar surface area (TPSA) is 266 Å². The third kappa shape index (κ3) is 7.28. The molecule has 1 N–H and O–H groups in total. The van der Waals surface area contributed by atoms with Crippen molar-refractivity contribution in [3.63, 3.8) is 0 Å². The number of ether oxygens (including phenoxy) is 9. The van der Waals surface area contributed by atoms with Gasteiger partial charge in [-0.15, -0.1) is 0 Å². The van der Waals surface area contributed by atoms with Crippen LogP contribution in [0.4, 0.5) is 0 Å². The Balaban J connectivity index is 1.80. The molecule has 20 heteroatoms. The van der Waals surface area contributed by atoms with E-state index in [0.29, 0.717) is 0 Å². The molecule has 3 fully saturated rings. The van der Waals surface area contributed by atoms with Crippen LogP contribution >= 0.6 is 0 Å². The fourth-order valence-corrected chi connectivity index (χ4v) is 9.63. The van der Waals surface area contributed by atoms with E-state index in [0.717, 1.165) is 47.8 Å². The lowest BCUT2D eigenvalue weighted by molar-refractivity contribution is -0.386. The van der Waals surface area contributed by atoms with Gasteiger partial charge in [-0.05, 0) is 38.1 Å². The van der Waals surface area contributed by atoms with Gasteiger partial charge in [0.25, 0.3) is 0 Å². The van der Waals surface area contributed by atoms with Crippen molar-refractivity contribution in [1.82, 2.24) is 4.98 Å². The predicted octanol–water partition coefficient (Wildman–Crippen LogP) is 1.92. The summed E-state index contributed by atoms with van der Waals surface area (Å²) in [6, 6.07) is 5.46. The fourth-order valence-electron chi connectivity index (χ4n) is 9.63. The van der Waals surface area contributed by atoms with E-state index in [1.807, 2.05) is 0 Å². The monoisotopic (exact) mass is 857 g/mol. The number of hydrogen-bond donors (Lipinski definition) is 1. The summed E-state index contributed by atoms with van der Waals surface area (Å²) in [4.78, 5) is 113. The molecule has 20 nitrogen and oxygen atoms in total. The second-order valence-corrected chi connectivity index (χ2v) is 16.1. The van der Waals surface area contributed by atoms with Crippen molar-refractivity contribution in [2.75, 3.05) is 13.2 Å². The minimum atomic E-state index is -2.89. The molecule has 1 spiro atoms. The number of esters is 8. The molecule has 2 aliphatic heterocycles. The number of nitrogens with zero attached hydrogens (tertiary/aromatic N) is 1. The lowest BCUT2D eigenvalue weighted by Gasteiger charge is -2.67. The SMILES string of the molecule is CC(=O)OC[C@]12[C@H](OC(C)=O)[C@H](OC(C)=O)[C@@H]3[C@@H](OC(C)=O)[C@@]14O[C@@]3(C)COC(=O)c1cccnc1C(C)C(C)C(=O)O[C@@H]([C@H](OC(=O)c1ccco1)[C@@H]2OC(C)=O)[C@]4(C)O. The van der Waals surface area contributed by atoms with E-state index in [4.69, 9.17) is 47.0 Å². The molecule has 4 heterocycles. The maximum absolute atomic E-state index is 14.6. The highest BCUT2D eigenvalue weighted by Crippen LogP contribution is 2.70. The Hall–Kier alpha value is -5.89. The molecule has 330 valence electrons. The Morgan fingerprint density at radius 3 is 1.97 bits per heavy atom. The van der Waals surface area contributed by atoms with Crippen molar-refractivity contribution < 1.29 is 90.5 Å². The Bertz CT molecular complexity index is 2120. The molecule has 2 aromatic heterocycles. The van der Waals surface area contributed by atoms with Gasteiger partial charge in [-0.3, -0.25) is 33.8 Å². The number of aliphatic hydroxyl groups is 1. The summed E-state index contributed by atoms with van der Waals surface area (Å²) in [7, 11) is 0. The number of pyridine rings is 1. The number of rotatable bonds is 8. The van der Waals surface area contributed by atoms with Crippen LogP contribution in [0, 0.1) is 17.3 Å². The molecule has 4 bridgehead atoms. The molecule has 2 aliphatic carbocycles. The van der Waals surface area contributed by atoms with Gasteiger partial charge in [0.2, 0.25) is 5.76 Å². The van der Waals surface area contributed by atoms with Gasteiger partial charge in [0.1, 0.15) is 42.0 Å². The molecule has 4 aliphatic rings. The van der Waals surface area contributed by atoms with Crippen LogP contribution in [0.5, 0.6) is 0 Å². The zero-order chi connectivity index (χ0) is 45.0. The standard InChI is InChI=1S/C41H47NO19/c1-18-19(2)35(48)60-32-30(59-37(50)26-13-11-15-52-26)34(58-24(7)47)40(17-53-20(3)43)33(57-23(6)46)29(55-21(4)44)27-31(56-22(5)45)41(40,39(32,9)51)61-38(27,8)16-54-36(49)25-12-10-14-42-28(18)25/h10-15,18-19,27,29-34,51H,16-17H2,1-9H3/t18?,19?,27-,29-,30+,31-,32+,33-,34+,38+,39+,40-,41+/m1/s1. The fraction of sp³-hybridized carbons (Fsp3) is 0.585. The lowest BCUT2D eigenvalue weighted by Crippen LogP contribution is -2.89. The van der Waals surface area contributed by atoms with Gasteiger partial charge >= 0.3 is 47.8 Å². The van der Waals surface area contributed by atoms with Crippen molar-refractivity contribution >= 4 is 47.8 Å². The van der Waals surface area contributed by atoms with Crippen LogP contribution < -0.4 is 0 Å². The van der Waals surface area contributed by atoms with Crippen LogP contribution in [0.2, 0.25) is 0 Å². The molecule has 0 amide bonds. The van der Waals surface area contributed by atoms with Crippen molar-refractivity contribution in [2.24, 2.45) is 17.3 Å². The summed E-state index contributed by atoms with van der Waals surface area (Å²) >= 11 is 0. The number of carbonyl (C=O) groups excluding carboxylic acids is 8. The first-order valence-electron chi connectivity index (χ1n) is 19.4. The highest BCUT2D eigenvalue weighted by molar-refractivity contribution is 5.91. The first-order valence-corrected chi connectivity index (χ1v) is 19.4. The summed E-state index contributed by atoms with van der Waals surface area (Å²) in [5, 5.41) is 13.6. The smallest absolute Gasteiger partial charge is 0.374 e. The van der Waals surface area contributed by atoms with E-state index in [1.165, 1.54) is 44.3 Å². The number of carbonyl (C=O) groups is 8. The third-order valence-electron chi connectivity index (χ3n) is 12.1. The van der Waals surface area contributed by atoms with Crippen molar-refractivity contribution in [3.05, 3.63) is 53.7 Å². The molecule has 61 heavy (non-hydrogen) atoms. The molecular weight excluding hydrogens is 810 g/mol. The second kappa shape index (κ2) is 16.2. The minimum absolute atomic E-state index is 0.0584. The van der Waals surface area contributed by atoms with Gasteiger partial charge in [-0.2, -0.15) is 0 Å². The Kier molecular flexibility index (Phi) is 11.8. The van der Waals surface area contributed by atoms with E-state index in [1.54, 1.807) is 6.92 Å². The molecule has 2 unspecified atom stereocenters. The van der Waals surface area contributed by atoms with Crippen LogP contribution in [0.3, 0.4) is 0 Å². The maximum Gasteiger partial charge on any atom is 0.374 e. The third-order valence-corrected chi connectivity index (χ3v) is 12.1. The molecule has 6 rings (SSSR count). The maximum atomic E-state index is 14.6. The van der Waals surface area contributed by atoms with E-state index < -0.39 is 143 Å². The van der Waals surface area contributed by atoms with Crippen molar-refractivity contribution in [3.8, 4) is 0 Å². The zero-order valence-corrected chi connectivity index (χ0v) is 34.8. The summed E-state index contributed by atoms with van der Waals surface area (Å²) in [5.41, 5.74) is -10.4. The van der Waals surface area contributed by atoms with Crippen LogP contribution in [0.1, 0.15) is 94.8 Å². The second-order valence-electron chi connectivity index (χ2n) is 16.1. The van der Waals surface area contributed by atoms with Crippen LogP contribution in [0.15, 0.2) is 41.1 Å². The predicted molar refractivity (Wildman–Crippen MR) is 198 cm³/mol. The number of aromatic nitrogens is 1. The average molecular weight is 858 g/mol. The number of hydrogen-bond acceptors (Lipinski definition) is 20. The van der Waals surface area contributed by atoms with Gasteiger partial charge in [0.05, 0.1) is 29.4 Å². The molecule has 0 radical (unpaired) electrons. The van der Waals surface area contributed by atoms with Crippen LogP contribution in [0.25, 0.3) is 0 Å². The Labute approximate surface area is 348 Å². The van der Waals surface area contributed by atoms with Gasteiger partial charge in [-0.1, -0.05) is 13.8 Å². The number of fused-ring (bicyclic) bond motifs is 5. The number of cyclic esters (lactones) is 1. The minimum Gasteiger partial charge on any atom is -0.465 e. The van der Waals surface area contributed by atoms with Crippen molar-refractivity contribution in [1.29, 1.82) is 0 Å². The van der Waals surface area contributed by atoms with Gasteiger partial charge in [0.15, 0.2) is 30.0 Å². The highest BCUT2D eigenvalue weighted by atomic mass is 16.7. The average Bonchev–Trinajstić information content (AvgIpc) is 3.79. The quantitative estimate of drug-likeness (QED) is 0.293. The lowest BCUT2D eigenvalue weighted by atomic mass is 9.45. The molecular formula is C41H47NO19. The van der Waals surface area contributed by atoms with Gasteiger partial charge in [0, 0.05) is 46.7 Å². The molecule has 0 aromatic carbocycles. The van der Waals surface area contributed by atoms with E-state index in [2.05, 4.69) is 4.98 Å². The Morgan fingerprint density at radius 2 is 1.39 bits per heavy atom. The van der Waals surface area contributed by atoms with E-state index in [9.17, 15) is 43.5 Å². The molecule has 2 aromatic rings. The molecule has 2 saturated carbocycles. The van der Waals surface area contributed by atoms with Crippen LogP contribution in [-0.4, -0.2) is 124 Å². The largest absolute Gasteiger partial charge is 0.465 e. The summed E-state index contributed by atoms with van der Waals surface area (Å²) in [5.74, 6) is -12.5.